The van der Waals surface area contributed by atoms with Gasteiger partial charge in [-0.3, -0.25) is 14.2 Å². The lowest BCUT2D eigenvalue weighted by atomic mass is 10.1. The van der Waals surface area contributed by atoms with Crippen molar-refractivity contribution in [1.82, 2.24) is 9.55 Å². The van der Waals surface area contributed by atoms with Gasteiger partial charge in [0.25, 0.3) is 5.56 Å². The first kappa shape index (κ1) is 17.9. The number of aryl methyl sites for hydroxylation is 1. The van der Waals surface area contributed by atoms with Crippen LogP contribution in [-0.2, 0) is 0 Å². The molecule has 7 heteroatoms. The van der Waals surface area contributed by atoms with Crippen LogP contribution in [0, 0.1) is 6.92 Å². The van der Waals surface area contributed by atoms with Crippen LogP contribution in [0.15, 0.2) is 79.3 Å². The topological polar surface area (TPSA) is 87.5 Å². The molecule has 0 N–H and O–H groups in total. The van der Waals surface area contributed by atoms with E-state index in [0.717, 1.165) is 5.56 Å². The highest BCUT2D eigenvalue weighted by molar-refractivity contribution is 5.89. The van der Waals surface area contributed by atoms with Crippen LogP contribution in [0.5, 0.6) is 5.75 Å². The molecule has 5 rings (SSSR count). The number of fused-ring (bicyclic) bond motifs is 2. The number of rotatable bonds is 3. The summed E-state index contributed by atoms with van der Waals surface area (Å²) in [6.07, 6.45) is 1.49. The lowest BCUT2D eigenvalue weighted by molar-refractivity contribution is 0.414. The summed E-state index contributed by atoms with van der Waals surface area (Å²) in [4.78, 5) is 31.2. The van der Waals surface area contributed by atoms with Crippen LogP contribution >= 0.6 is 0 Å². The van der Waals surface area contributed by atoms with Crippen LogP contribution < -0.4 is 15.7 Å². The van der Waals surface area contributed by atoms with Crippen LogP contribution in [0.3, 0.4) is 0 Å². The summed E-state index contributed by atoms with van der Waals surface area (Å²) < 4.78 is 17.9. The monoisotopic (exact) mass is 400 g/mol. The molecule has 7 nitrogen and oxygen atoms in total. The second kappa shape index (κ2) is 6.73. The van der Waals surface area contributed by atoms with E-state index in [1.165, 1.54) is 17.9 Å². The van der Waals surface area contributed by atoms with Crippen molar-refractivity contribution in [3.63, 3.8) is 0 Å². The van der Waals surface area contributed by atoms with E-state index in [2.05, 4.69) is 4.98 Å². The van der Waals surface area contributed by atoms with Crippen molar-refractivity contribution in [2.75, 3.05) is 7.11 Å². The Kier molecular flexibility index (Phi) is 4.03. The lowest BCUT2D eigenvalue weighted by Gasteiger charge is -2.12. The van der Waals surface area contributed by atoms with Gasteiger partial charge in [-0.2, -0.15) is 4.98 Å². The maximum atomic E-state index is 13.5. The third-order valence-electron chi connectivity index (χ3n) is 4.95. The molecule has 0 amide bonds. The molecule has 0 atom stereocenters. The van der Waals surface area contributed by atoms with Gasteiger partial charge in [0, 0.05) is 6.07 Å². The molecule has 148 valence electrons. The van der Waals surface area contributed by atoms with E-state index in [1.54, 1.807) is 42.5 Å². The van der Waals surface area contributed by atoms with Crippen molar-refractivity contribution in [3.05, 3.63) is 87.0 Å². The predicted molar refractivity (Wildman–Crippen MR) is 112 cm³/mol. The Labute approximate surface area is 169 Å². The molecule has 30 heavy (non-hydrogen) atoms. The number of nitrogens with zero attached hydrogens (tertiary/aromatic N) is 2. The zero-order valence-electron chi connectivity index (χ0n) is 16.2. The van der Waals surface area contributed by atoms with Crippen molar-refractivity contribution in [1.29, 1.82) is 0 Å². The standard InChI is InChI=1S/C23H16N2O5/c1-13-5-7-14(8-6-13)25-21(17-4-3-11-29-17)24-22-19(23(25)27)20(26)16-10-9-15(28-2)12-18(16)30-22/h3-12H,1-2H3. The summed E-state index contributed by atoms with van der Waals surface area (Å²) in [5.41, 5.74) is 0.873. The van der Waals surface area contributed by atoms with E-state index >= 15 is 0 Å². The normalized spacial score (nSPS) is 11.3. The summed E-state index contributed by atoms with van der Waals surface area (Å²) in [6, 6.07) is 15.6. The Morgan fingerprint density at radius 1 is 1.03 bits per heavy atom. The molecule has 2 aromatic carbocycles. The number of aromatic nitrogens is 2. The number of methoxy groups -OCH3 is 1. The van der Waals surface area contributed by atoms with Crippen molar-refractivity contribution >= 4 is 22.1 Å². The molecule has 0 unspecified atom stereocenters. The van der Waals surface area contributed by atoms with E-state index in [1.807, 2.05) is 19.1 Å². The van der Waals surface area contributed by atoms with E-state index in [-0.39, 0.29) is 27.9 Å². The molecule has 0 radical (unpaired) electrons. The average Bonchev–Trinajstić information content (AvgIpc) is 3.29. The van der Waals surface area contributed by atoms with Crippen LogP contribution in [0.4, 0.5) is 0 Å². The Morgan fingerprint density at radius 2 is 1.83 bits per heavy atom. The Bertz CT molecular complexity index is 1510. The predicted octanol–water partition coefficient (Wildman–Crippen LogP) is 4.07. The Balaban J connectivity index is 1.94. The number of furan rings is 1. The molecule has 0 saturated heterocycles. The molecule has 5 aromatic rings. The first-order chi connectivity index (χ1) is 14.6. The molecule has 0 fully saturated rings. The minimum absolute atomic E-state index is 0.0551. The molecular weight excluding hydrogens is 384 g/mol. The summed E-state index contributed by atoms with van der Waals surface area (Å²) in [7, 11) is 1.52. The summed E-state index contributed by atoms with van der Waals surface area (Å²) in [5.74, 6) is 1.15. The third kappa shape index (κ3) is 2.71. The largest absolute Gasteiger partial charge is 0.497 e. The second-order valence-corrected chi connectivity index (χ2v) is 6.86. The van der Waals surface area contributed by atoms with Crippen LogP contribution in [-0.4, -0.2) is 16.7 Å². The van der Waals surface area contributed by atoms with Gasteiger partial charge < -0.3 is 13.6 Å². The van der Waals surface area contributed by atoms with Crippen molar-refractivity contribution in [3.8, 4) is 23.0 Å². The summed E-state index contributed by atoms with van der Waals surface area (Å²) in [6.45, 7) is 1.95. The number of hydrogen-bond donors (Lipinski definition) is 0. The number of benzene rings is 2. The van der Waals surface area contributed by atoms with Gasteiger partial charge in [0.05, 0.1) is 24.4 Å². The van der Waals surface area contributed by atoms with Gasteiger partial charge in [-0.05, 0) is 43.3 Å². The molecule has 0 aliphatic carbocycles. The van der Waals surface area contributed by atoms with E-state index < -0.39 is 11.0 Å². The van der Waals surface area contributed by atoms with E-state index in [9.17, 15) is 9.59 Å². The molecule has 0 spiro atoms. The summed E-state index contributed by atoms with van der Waals surface area (Å²) in [5, 5.41) is 0.159. The van der Waals surface area contributed by atoms with Gasteiger partial charge in [0.2, 0.25) is 11.1 Å². The van der Waals surface area contributed by atoms with Crippen LogP contribution in [0.2, 0.25) is 0 Å². The lowest BCUT2D eigenvalue weighted by Crippen LogP contribution is -2.26. The fourth-order valence-corrected chi connectivity index (χ4v) is 3.41. The maximum absolute atomic E-state index is 13.5. The molecule has 3 aromatic heterocycles. The van der Waals surface area contributed by atoms with Gasteiger partial charge in [0.1, 0.15) is 11.3 Å². The minimum Gasteiger partial charge on any atom is -0.497 e. The third-order valence-corrected chi connectivity index (χ3v) is 4.95. The minimum atomic E-state index is -0.526. The van der Waals surface area contributed by atoms with E-state index in [0.29, 0.717) is 17.2 Å². The molecule has 0 saturated carbocycles. The second-order valence-electron chi connectivity index (χ2n) is 6.86. The number of hydrogen-bond acceptors (Lipinski definition) is 6. The zero-order chi connectivity index (χ0) is 20.8. The van der Waals surface area contributed by atoms with Gasteiger partial charge in [0.15, 0.2) is 17.0 Å². The Hall–Kier alpha value is -4.13. The van der Waals surface area contributed by atoms with Crippen LogP contribution in [0.1, 0.15) is 5.56 Å². The van der Waals surface area contributed by atoms with Gasteiger partial charge in [-0.15, -0.1) is 0 Å². The van der Waals surface area contributed by atoms with Crippen molar-refractivity contribution in [2.45, 2.75) is 6.92 Å². The highest BCUT2D eigenvalue weighted by Gasteiger charge is 2.21. The fraction of sp³-hybridized carbons (Fsp3) is 0.0870. The number of ether oxygens (including phenoxy) is 1. The Morgan fingerprint density at radius 3 is 2.53 bits per heavy atom. The average molecular weight is 400 g/mol. The SMILES string of the molecule is COc1ccc2c(=O)c3c(=O)n(-c4ccc(C)cc4)c(-c4ccco4)nc3oc2c1. The van der Waals surface area contributed by atoms with Crippen molar-refractivity contribution < 1.29 is 13.6 Å². The van der Waals surface area contributed by atoms with Gasteiger partial charge in [-0.1, -0.05) is 17.7 Å². The molecule has 3 heterocycles. The molecule has 0 aliphatic heterocycles. The van der Waals surface area contributed by atoms with Gasteiger partial charge in [-0.25, -0.2) is 0 Å². The first-order valence-electron chi connectivity index (χ1n) is 9.25. The quantitative estimate of drug-likeness (QED) is 0.424. The highest BCUT2D eigenvalue weighted by atomic mass is 16.5. The van der Waals surface area contributed by atoms with Crippen molar-refractivity contribution in [2.24, 2.45) is 0 Å². The first-order valence-corrected chi connectivity index (χ1v) is 9.25. The van der Waals surface area contributed by atoms with Gasteiger partial charge >= 0.3 is 0 Å². The fourth-order valence-electron chi connectivity index (χ4n) is 3.41. The molecule has 0 aliphatic rings. The molecule has 0 bridgehead atoms. The molecular formula is C23H16N2O5. The zero-order valence-corrected chi connectivity index (χ0v) is 16.2. The highest BCUT2D eigenvalue weighted by Crippen LogP contribution is 2.25. The van der Waals surface area contributed by atoms with Crippen LogP contribution in [0.25, 0.3) is 39.3 Å². The maximum Gasteiger partial charge on any atom is 0.273 e. The smallest absolute Gasteiger partial charge is 0.273 e. The summed E-state index contributed by atoms with van der Waals surface area (Å²) >= 11 is 0. The van der Waals surface area contributed by atoms with E-state index in [4.69, 9.17) is 13.6 Å².